The Morgan fingerprint density at radius 1 is 0.362 bits per heavy atom. The predicted molar refractivity (Wildman–Crippen MR) is 247 cm³/mol. The van der Waals surface area contributed by atoms with Crippen molar-refractivity contribution in [3.8, 4) is 0 Å². The van der Waals surface area contributed by atoms with Crippen LogP contribution in [0.4, 0.5) is 0 Å². The van der Waals surface area contributed by atoms with Crippen molar-refractivity contribution in [1.82, 2.24) is 0 Å². The van der Waals surface area contributed by atoms with Gasteiger partial charge in [0, 0.05) is 19.3 Å². The second-order valence-corrected chi connectivity index (χ2v) is 18.5. The van der Waals surface area contributed by atoms with Crippen molar-refractivity contribution < 1.29 is 28.6 Å². The molecule has 2 atom stereocenters. The van der Waals surface area contributed by atoms with Gasteiger partial charge in [0.25, 0.3) is 0 Å². The fraction of sp³-hybridized carbons (Fsp3) is 0.942. The topological polar surface area (TPSA) is 78.9 Å². The van der Waals surface area contributed by atoms with E-state index in [4.69, 9.17) is 14.2 Å². The highest BCUT2D eigenvalue weighted by molar-refractivity contribution is 5.71. The number of unbranched alkanes of at least 4 members (excludes halogenated alkanes) is 30. The molecule has 0 aromatic heterocycles. The molecule has 1 unspecified atom stereocenters. The van der Waals surface area contributed by atoms with Gasteiger partial charge in [0.2, 0.25) is 0 Å². The second-order valence-electron chi connectivity index (χ2n) is 18.5. The molecule has 0 bridgehead atoms. The van der Waals surface area contributed by atoms with Gasteiger partial charge >= 0.3 is 17.9 Å². The predicted octanol–water partition coefficient (Wildman–Crippen LogP) is 16.5. The molecule has 6 nitrogen and oxygen atoms in total. The minimum Gasteiger partial charge on any atom is -0.462 e. The molecule has 0 spiro atoms. The van der Waals surface area contributed by atoms with E-state index in [0.717, 1.165) is 69.6 Å². The number of carbonyl (C=O) groups excluding carboxylic acids is 3. The SMILES string of the molecule is CCCCCCCCCCCC(=O)OC[C@@H](COC(=O)CCCCCCCCCCCCCCCCCCCCC(C)C)OC(=O)CCCCCCCCC(C)CC. The maximum atomic E-state index is 12.7. The lowest BCUT2D eigenvalue weighted by Gasteiger charge is -2.18. The lowest BCUT2D eigenvalue weighted by atomic mass is 10.00. The van der Waals surface area contributed by atoms with E-state index in [1.165, 1.54) is 173 Å². The van der Waals surface area contributed by atoms with Gasteiger partial charge in [0.15, 0.2) is 6.10 Å². The van der Waals surface area contributed by atoms with E-state index in [-0.39, 0.29) is 31.1 Å². The first-order valence-corrected chi connectivity index (χ1v) is 25.8. The first kappa shape index (κ1) is 56.4. The molecule has 0 saturated heterocycles. The van der Waals surface area contributed by atoms with E-state index >= 15 is 0 Å². The van der Waals surface area contributed by atoms with E-state index in [1.54, 1.807) is 0 Å². The maximum Gasteiger partial charge on any atom is 0.306 e. The Bertz CT molecular complexity index is 887. The van der Waals surface area contributed by atoms with Crippen LogP contribution in [-0.2, 0) is 28.6 Å². The van der Waals surface area contributed by atoms with Crippen LogP contribution in [0.3, 0.4) is 0 Å². The molecule has 0 amide bonds. The van der Waals surface area contributed by atoms with Crippen molar-refractivity contribution in [1.29, 1.82) is 0 Å². The molecular formula is C52H100O6. The number of hydrogen-bond acceptors (Lipinski definition) is 6. The molecule has 0 saturated carbocycles. The van der Waals surface area contributed by atoms with E-state index in [1.807, 2.05) is 0 Å². The highest BCUT2D eigenvalue weighted by Crippen LogP contribution is 2.18. The van der Waals surface area contributed by atoms with Crippen LogP contribution in [0.25, 0.3) is 0 Å². The third-order valence-corrected chi connectivity index (χ3v) is 12.1. The van der Waals surface area contributed by atoms with Crippen molar-refractivity contribution in [3.63, 3.8) is 0 Å². The summed E-state index contributed by atoms with van der Waals surface area (Å²) >= 11 is 0. The Morgan fingerprint density at radius 3 is 0.983 bits per heavy atom. The lowest BCUT2D eigenvalue weighted by Crippen LogP contribution is -2.30. The minimum atomic E-state index is -0.761. The van der Waals surface area contributed by atoms with Gasteiger partial charge in [0.1, 0.15) is 13.2 Å². The number of rotatable bonds is 46. The molecule has 344 valence electrons. The van der Waals surface area contributed by atoms with Gasteiger partial charge in [-0.1, -0.05) is 247 Å². The van der Waals surface area contributed by atoms with Gasteiger partial charge in [-0.2, -0.15) is 0 Å². The van der Waals surface area contributed by atoms with Gasteiger partial charge in [-0.3, -0.25) is 14.4 Å². The van der Waals surface area contributed by atoms with Crippen molar-refractivity contribution in [2.24, 2.45) is 11.8 Å². The number of hydrogen-bond donors (Lipinski definition) is 0. The van der Waals surface area contributed by atoms with Gasteiger partial charge in [-0.25, -0.2) is 0 Å². The standard InChI is InChI=1S/C52H100O6/c1-6-8-9-10-11-22-26-32-37-42-50(53)56-45-49(58-52(55)44-39-34-29-28-31-36-41-48(5)7-2)46-57-51(54)43-38-33-27-24-21-19-17-15-13-12-14-16-18-20-23-25-30-35-40-47(3)4/h47-49H,6-46H2,1-5H3/t48?,49-/m0/s1. The monoisotopic (exact) mass is 821 g/mol. The average molecular weight is 821 g/mol. The summed E-state index contributed by atoms with van der Waals surface area (Å²) in [6, 6.07) is 0. The molecule has 0 heterocycles. The van der Waals surface area contributed by atoms with E-state index in [2.05, 4.69) is 34.6 Å². The van der Waals surface area contributed by atoms with E-state index in [0.29, 0.717) is 19.3 Å². The molecule has 0 rings (SSSR count). The summed E-state index contributed by atoms with van der Waals surface area (Å²) in [5, 5.41) is 0. The van der Waals surface area contributed by atoms with Crippen LogP contribution in [0.5, 0.6) is 0 Å². The highest BCUT2D eigenvalue weighted by Gasteiger charge is 2.19. The molecule has 0 N–H and O–H groups in total. The zero-order valence-electron chi connectivity index (χ0n) is 39.7. The van der Waals surface area contributed by atoms with Crippen LogP contribution in [0.15, 0.2) is 0 Å². The van der Waals surface area contributed by atoms with Crippen LogP contribution in [0.2, 0.25) is 0 Å². The minimum absolute atomic E-state index is 0.0647. The van der Waals surface area contributed by atoms with E-state index in [9.17, 15) is 14.4 Å². The quantitative estimate of drug-likeness (QED) is 0.0346. The zero-order valence-corrected chi connectivity index (χ0v) is 39.7. The Labute approximate surface area is 361 Å². The summed E-state index contributed by atoms with van der Waals surface area (Å²) in [7, 11) is 0. The molecule has 0 fully saturated rings. The summed E-state index contributed by atoms with van der Waals surface area (Å²) < 4.78 is 16.7. The van der Waals surface area contributed by atoms with Crippen LogP contribution in [-0.4, -0.2) is 37.2 Å². The normalized spacial score (nSPS) is 12.5. The van der Waals surface area contributed by atoms with Crippen molar-refractivity contribution in [2.75, 3.05) is 13.2 Å². The summed E-state index contributed by atoms with van der Waals surface area (Å²) in [4.78, 5) is 37.8. The molecule has 58 heavy (non-hydrogen) atoms. The van der Waals surface area contributed by atoms with Crippen LogP contribution < -0.4 is 0 Å². The smallest absolute Gasteiger partial charge is 0.306 e. The number of ether oxygens (including phenoxy) is 3. The first-order chi connectivity index (χ1) is 28.3. The largest absolute Gasteiger partial charge is 0.462 e. The van der Waals surface area contributed by atoms with Gasteiger partial charge in [-0.15, -0.1) is 0 Å². The van der Waals surface area contributed by atoms with Crippen LogP contribution in [0.1, 0.15) is 285 Å². The van der Waals surface area contributed by atoms with Gasteiger partial charge in [0.05, 0.1) is 0 Å². The molecule has 0 aliphatic rings. The number of carbonyl (C=O) groups is 3. The van der Waals surface area contributed by atoms with Crippen molar-refractivity contribution in [2.45, 2.75) is 291 Å². The molecule has 0 radical (unpaired) electrons. The lowest BCUT2D eigenvalue weighted by molar-refractivity contribution is -0.167. The first-order valence-electron chi connectivity index (χ1n) is 25.8. The van der Waals surface area contributed by atoms with E-state index < -0.39 is 6.10 Å². The summed E-state index contributed by atoms with van der Waals surface area (Å²) in [6.45, 7) is 11.3. The van der Waals surface area contributed by atoms with Gasteiger partial charge < -0.3 is 14.2 Å². The molecule has 0 aromatic carbocycles. The summed E-state index contributed by atoms with van der Waals surface area (Å²) in [6.07, 6.45) is 45.3. The van der Waals surface area contributed by atoms with Gasteiger partial charge in [-0.05, 0) is 31.1 Å². The fourth-order valence-electron chi connectivity index (χ4n) is 7.78. The fourth-order valence-corrected chi connectivity index (χ4v) is 7.78. The summed E-state index contributed by atoms with van der Waals surface area (Å²) in [5.74, 6) is 0.814. The molecule has 6 heteroatoms. The second kappa shape index (κ2) is 44.9. The van der Waals surface area contributed by atoms with Crippen molar-refractivity contribution in [3.05, 3.63) is 0 Å². The Kier molecular flexibility index (Phi) is 43.7. The summed E-state index contributed by atoms with van der Waals surface area (Å²) in [5.41, 5.74) is 0. The molecule has 0 aliphatic heterocycles. The van der Waals surface area contributed by atoms with Crippen molar-refractivity contribution >= 4 is 17.9 Å². The maximum absolute atomic E-state index is 12.7. The van der Waals surface area contributed by atoms with Crippen LogP contribution in [0, 0.1) is 11.8 Å². The third-order valence-electron chi connectivity index (χ3n) is 12.1. The molecule has 0 aromatic rings. The molecule has 0 aliphatic carbocycles. The number of esters is 3. The molecular weight excluding hydrogens is 721 g/mol. The zero-order chi connectivity index (χ0) is 42.6. The Hall–Kier alpha value is -1.59. The third kappa shape index (κ3) is 44.0. The Morgan fingerprint density at radius 2 is 0.655 bits per heavy atom. The Balaban J connectivity index is 4.15. The average Bonchev–Trinajstić information content (AvgIpc) is 3.21. The highest BCUT2D eigenvalue weighted by atomic mass is 16.6. The van der Waals surface area contributed by atoms with Crippen LogP contribution >= 0.6 is 0 Å².